The van der Waals surface area contributed by atoms with Gasteiger partial charge in [0.1, 0.15) is 0 Å². The molecule has 0 saturated carbocycles. The third-order valence-corrected chi connectivity index (χ3v) is 4.64. The smallest absolute Gasteiger partial charge is 0.0938 e. The first-order chi connectivity index (χ1) is 9.13. The van der Waals surface area contributed by atoms with Crippen LogP contribution in [0.4, 0.5) is 0 Å². The first kappa shape index (κ1) is 14.6. The van der Waals surface area contributed by atoms with Crippen LogP contribution in [0.15, 0.2) is 24.4 Å². The van der Waals surface area contributed by atoms with Crippen LogP contribution >= 0.6 is 22.9 Å². The minimum absolute atomic E-state index is 0.446. The summed E-state index contributed by atoms with van der Waals surface area (Å²) in [6.45, 7) is 4.33. The lowest BCUT2D eigenvalue weighted by molar-refractivity contribution is 0.180. The topological polar surface area (TPSA) is 38.0 Å². The number of hydrogen-bond donors (Lipinski definition) is 1. The summed E-state index contributed by atoms with van der Waals surface area (Å²) >= 11 is 7.30. The van der Waals surface area contributed by atoms with Crippen LogP contribution in [-0.4, -0.2) is 14.9 Å². The summed E-state index contributed by atoms with van der Waals surface area (Å²) in [7, 11) is 0. The second-order valence-corrected chi connectivity index (χ2v) is 6.37. The van der Waals surface area contributed by atoms with Crippen molar-refractivity contribution in [2.75, 3.05) is 0 Å². The molecule has 0 radical (unpaired) electrons. The molecule has 0 aliphatic carbocycles. The summed E-state index contributed by atoms with van der Waals surface area (Å²) in [6, 6.07) is 6.11. The first-order valence-corrected chi connectivity index (χ1v) is 7.80. The predicted octanol–water partition coefficient (Wildman–Crippen LogP) is 4.24. The van der Waals surface area contributed by atoms with E-state index in [4.69, 9.17) is 11.6 Å². The van der Waals surface area contributed by atoms with Crippen molar-refractivity contribution in [3.63, 3.8) is 0 Å². The number of aliphatic hydroxyl groups excluding tert-OH is 1. The number of aliphatic hydroxyl groups is 1. The first-order valence-electron chi connectivity index (χ1n) is 6.61. The Balaban J connectivity index is 2.03. The lowest BCUT2D eigenvalue weighted by Gasteiger charge is -2.12. The third kappa shape index (κ3) is 3.59. The van der Waals surface area contributed by atoms with Crippen molar-refractivity contribution < 1.29 is 5.11 Å². The van der Waals surface area contributed by atoms with Gasteiger partial charge in [-0.2, -0.15) is 5.10 Å². The molecule has 0 aliphatic heterocycles. The van der Waals surface area contributed by atoms with Crippen LogP contribution in [0, 0.1) is 0 Å². The quantitative estimate of drug-likeness (QED) is 0.866. The van der Waals surface area contributed by atoms with Crippen molar-refractivity contribution in [1.29, 1.82) is 0 Å². The zero-order chi connectivity index (χ0) is 13.8. The highest BCUT2D eigenvalue weighted by molar-refractivity contribution is 7.16. The molecule has 1 N–H and O–H groups in total. The van der Waals surface area contributed by atoms with E-state index in [1.807, 2.05) is 29.1 Å². The monoisotopic (exact) mass is 298 g/mol. The molecular weight excluding hydrogens is 280 g/mol. The molecule has 2 heterocycles. The zero-order valence-electron chi connectivity index (χ0n) is 11.2. The summed E-state index contributed by atoms with van der Waals surface area (Å²) in [5, 5.41) is 14.7. The SMILES string of the molecule is CCC(CC)n1ccc(CC(O)c2ccc(Cl)s2)n1. The van der Waals surface area contributed by atoms with E-state index < -0.39 is 6.10 Å². The maximum Gasteiger partial charge on any atom is 0.0938 e. The molecule has 1 unspecified atom stereocenters. The molecule has 2 rings (SSSR count). The summed E-state index contributed by atoms with van der Waals surface area (Å²) < 4.78 is 2.71. The molecule has 3 nitrogen and oxygen atoms in total. The molecule has 0 bridgehead atoms. The molecule has 0 amide bonds. The Kier molecular flexibility index (Phi) is 5.02. The van der Waals surface area contributed by atoms with Gasteiger partial charge in [-0.05, 0) is 31.0 Å². The van der Waals surface area contributed by atoms with E-state index >= 15 is 0 Å². The van der Waals surface area contributed by atoms with Gasteiger partial charge in [0.15, 0.2) is 0 Å². The van der Waals surface area contributed by atoms with Crippen LogP contribution in [0.5, 0.6) is 0 Å². The fourth-order valence-electron chi connectivity index (χ4n) is 2.16. The van der Waals surface area contributed by atoms with E-state index in [1.54, 1.807) is 0 Å². The average molecular weight is 299 g/mol. The van der Waals surface area contributed by atoms with Gasteiger partial charge in [-0.3, -0.25) is 4.68 Å². The van der Waals surface area contributed by atoms with Gasteiger partial charge >= 0.3 is 0 Å². The van der Waals surface area contributed by atoms with Crippen molar-refractivity contribution >= 4 is 22.9 Å². The number of thiophene rings is 1. The van der Waals surface area contributed by atoms with E-state index in [9.17, 15) is 5.11 Å². The number of nitrogens with zero attached hydrogens (tertiary/aromatic N) is 2. The van der Waals surface area contributed by atoms with Gasteiger partial charge in [-0.25, -0.2) is 0 Å². The number of rotatable bonds is 6. The van der Waals surface area contributed by atoms with Crippen LogP contribution in [0.1, 0.15) is 49.4 Å². The van der Waals surface area contributed by atoms with E-state index in [0.29, 0.717) is 16.8 Å². The maximum absolute atomic E-state index is 10.2. The summed E-state index contributed by atoms with van der Waals surface area (Å²) in [5.74, 6) is 0. The van der Waals surface area contributed by atoms with Crippen molar-refractivity contribution in [3.8, 4) is 0 Å². The van der Waals surface area contributed by atoms with Crippen LogP contribution in [-0.2, 0) is 6.42 Å². The Labute approximate surface area is 122 Å². The molecule has 0 aliphatic rings. The maximum atomic E-state index is 10.2. The minimum Gasteiger partial charge on any atom is -0.387 e. The lowest BCUT2D eigenvalue weighted by Crippen LogP contribution is -2.08. The van der Waals surface area contributed by atoms with E-state index in [1.165, 1.54) is 11.3 Å². The fourth-order valence-corrected chi connectivity index (χ4v) is 3.21. The highest BCUT2D eigenvalue weighted by atomic mass is 35.5. The van der Waals surface area contributed by atoms with Crippen molar-refractivity contribution in [1.82, 2.24) is 9.78 Å². The van der Waals surface area contributed by atoms with E-state index in [2.05, 4.69) is 18.9 Å². The standard InChI is InChI=1S/C14H19ClN2OS/c1-3-11(4-2)17-8-7-10(16-17)9-12(18)13-5-6-14(15)19-13/h5-8,11-12,18H,3-4,9H2,1-2H3. The predicted molar refractivity (Wildman–Crippen MR) is 79.8 cm³/mol. The third-order valence-electron chi connectivity index (χ3n) is 3.31. The molecule has 0 saturated heterocycles. The van der Waals surface area contributed by atoms with Crippen LogP contribution in [0.3, 0.4) is 0 Å². The van der Waals surface area contributed by atoms with Crippen LogP contribution in [0.2, 0.25) is 4.34 Å². The van der Waals surface area contributed by atoms with Crippen molar-refractivity contribution in [2.24, 2.45) is 0 Å². The van der Waals surface area contributed by atoms with E-state index in [-0.39, 0.29) is 0 Å². The van der Waals surface area contributed by atoms with Gasteiger partial charge < -0.3 is 5.11 Å². The molecule has 0 spiro atoms. The number of aromatic nitrogens is 2. The lowest BCUT2D eigenvalue weighted by atomic mass is 10.2. The Bertz CT molecular complexity index is 519. The molecule has 5 heteroatoms. The van der Waals surface area contributed by atoms with Gasteiger partial charge in [0.2, 0.25) is 0 Å². The normalized spacial score (nSPS) is 13.1. The summed E-state index contributed by atoms with van der Waals surface area (Å²) in [6.07, 6.45) is 4.15. The van der Waals surface area contributed by atoms with Crippen molar-refractivity contribution in [2.45, 2.75) is 45.3 Å². The van der Waals surface area contributed by atoms with E-state index in [0.717, 1.165) is 23.4 Å². The largest absolute Gasteiger partial charge is 0.387 e. The molecule has 2 aromatic heterocycles. The summed E-state index contributed by atoms with van der Waals surface area (Å²) in [4.78, 5) is 0.891. The second kappa shape index (κ2) is 6.55. The Morgan fingerprint density at radius 3 is 2.63 bits per heavy atom. The highest BCUT2D eigenvalue weighted by Crippen LogP contribution is 2.28. The van der Waals surface area contributed by atoms with Crippen molar-refractivity contribution in [3.05, 3.63) is 39.3 Å². The Morgan fingerprint density at radius 1 is 1.32 bits per heavy atom. The molecule has 1 atom stereocenters. The number of halogens is 1. The van der Waals surface area contributed by atoms with Gasteiger partial charge in [-0.1, -0.05) is 25.4 Å². The average Bonchev–Trinajstić information content (AvgIpc) is 3.00. The second-order valence-electron chi connectivity index (χ2n) is 4.62. The molecule has 0 fully saturated rings. The van der Waals surface area contributed by atoms with Gasteiger partial charge in [0, 0.05) is 17.5 Å². The molecular formula is C14H19ClN2OS. The molecule has 0 aromatic carbocycles. The Hall–Kier alpha value is -0.840. The van der Waals surface area contributed by atoms with Gasteiger partial charge in [0.05, 0.1) is 22.2 Å². The van der Waals surface area contributed by atoms with Crippen LogP contribution in [0.25, 0.3) is 0 Å². The summed E-state index contributed by atoms with van der Waals surface area (Å²) in [5.41, 5.74) is 0.920. The fraction of sp³-hybridized carbons (Fsp3) is 0.500. The highest BCUT2D eigenvalue weighted by Gasteiger charge is 2.14. The Morgan fingerprint density at radius 2 is 2.05 bits per heavy atom. The van der Waals surface area contributed by atoms with Crippen LogP contribution < -0.4 is 0 Å². The zero-order valence-corrected chi connectivity index (χ0v) is 12.8. The number of hydrogen-bond acceptors (Lipinski definition) is 3. The molecule has 2 aromatic rings. The van der Waals surface area contributed by atoms with Gasteiger partial charge in [0.25, 0.3) is 0 Å². The minimum atomic E-state index is -0.525. The molecule has 19 heavy (non-hydrogen) atoms. The van der Waals surface area contributed by atoms with Gasteiger partial charge in [-0.15, -0.1) is 11.3 Å². The molecule has 104 valence electrons.